The van der Waals surface area contributed by atoms with E-state index in [0.29, 0.717) is 18.8 Å². The zero-order valence-electron chi connectivity index (χ0n) is 12.6. The molecule has 3 N–H and O–H groups in total. The van der Waals surface area contributed by atoms with Crippen LogP contribution >= 0.6 is 0 Å². The third-order valence-electron chi connectivity index (χ3n) is 3.40. The van der Waals surface area contributed by atoms with Gasteiger partial charge in [0.2, 0.25) is 5.91 Å². The van der Waals surface area contributed by atoms with Gasteiger partial charge < -0.3 is 16.0 Å². The van der Waals surface area contributed by atoms with E-state index in [1.165, 1.54) is 0 Å². The van der Waals surface area contributed by atoms with Gasteiger partial charge in [0.15, 0.2) is 0 Å². The van der Waals surface area contributed by atoms with Gasteiger partial charge in [0.1, 0.15) is 17.5 Å². The van der Waals surface area contributed by atoms with Gasteiger partial charge in [-0.05, 0) is 6.42 Å². The standard InChI is InChI=1S/C14H23N5O/c1-14(2,3)13-17-10(15)7-11(18-13)16-9-5-6-12(20)19(4)8-9/h7,9H,5-6,8H2,1-4H3,(H3,15,16,17,18). The van der Waals surface area contributed by atoms with Crippen LogP contribution in [0.5, 0.6) is 0 Å². The van der Waals surface area contributed by atoms with Crippen LogP contribution in [0.1, 0.15) is 39.4 Å². The SMILES string of the molecule is CN1CC(Nc2cc(N)nc(C(C)(C)C)n2)CCC1=O. The molecule has 6 nitrogen and oxygen atoms in total. The summed E-state index contributed by atoms with van der Waals surface area (Å²) in [7, 11) is 1.82. The Morgan fingerprint density at radius 2 is 2.10 bits per heavy atom. The first-order chi connectivity index (χ1) is 9.25. The fourth-order valence-corrected chi connectivity index (χ4v) is 2.21. The fraction of sp³-hybridized carbons (Fsp3) is 0.643. The minimum Gasteiger partial charge on any atom is -0.384 e. The molecule has 2 rings (SSSR count). The van der Waals surface area contributed by atoms with Gasteiger partial charge in [-0.3, -0.25) is 4.79 Å². The number of likely N-dealkylation sites (tertiary alicyclic amines) is 1. The predicted octanol–water partition coefficient (Wildman–Crippen LogP) is 1.39. The number of piperidine rings is 1. The first-order valence-electron chi connectivity index (χ1n) is 6.91. The Labute approximate surface area is 119 Å². The highest BCUT2D eigenvalue weighted by atomic mass is 16.2. The van der Waals surface area contributed by atoms with Crippen molar-refractivity contribution in [2.45, 2.75) is 45.1 Å². The summed E-state index contributed by atoms with van der Waals surface area (Å²) < 4.78 is 0. The molecule has 0 bridgehead atoms. The van der Waals surface area contributed by atoms with E-state index in [0.717, 1.165) is 18.1 Å². The average Bonchev–Trinajstić information content (AvgIpc) is 2.32. The van der Waals surface area contributed by atoms with Crippen LogP contribution in [0.3, 0.4) is 0 Å². The molecule has 1 aliphatic rings. The maximum atomic E-state index is 11.5. The number of nitrogens with two attached hydrogens (primary N) is 1. The van der Waals surface area contributed by atoms with Crippen molar-refractivity contribution in [3.05, 3.63) is 11.9 Å². The van der Waals surface area contributed by atoms with Gasteiger partial charge in [-0.1, -0.05) is 20.8 Å². The minimum atomic E-state index is -0.148. The maximum Gasteiger partial charge on any atom is 0.222 e. The third-order valence-corrected chi connectivity index (χ3v) is 3.40. The Bertz CT molecular complexity index is 509. The number of hydrogen-bond acceptors (Lipinski definition) is 5. The normalized spacial score (nSPS) is 20.1. The second-order valence-electron chi connectivity index (χ2n) is 6.41. The molecule has 110 valence electrons. The van der Waals surface area contributed by atoms with Crippen molar-refractivity contribution in [3.63, 3.8) is 0 Å². The van der Waals surface area contributed by atoms with Crippen LogP contribution in [0.4, 0.5) is 11.6 Å². The molecule has 0 spiro atoms. The van der Waals surface area contributed by atoms with E-state index < -0.39 is 0 Å². The topological polar surface area (TPSA) is 84.1 Å². The lowest BCUT2D eigenvalue weighted by Crippen LogP contribution is -2.43. The molecule has 20 heavy (non-hydrogen) atoms. The van der Waals surface area contributed by atoms with Crippen LogP contribution in [0, 0.1) is 0 Å². The lowest BCUT2D eigenvalue weighted by Gasteiger charge is -2.30. The van der Waals surface area contributed by atoms with Crippen molar-refractivity contribution in [3.8, 4) is 0 Å². The van der Waals surface area contributed by atoms with Crippen LogP contribution in [0.15, 0.2) is 6.07 Å². The highest BCUT2D eigenvalue weighted by Crippen LogP contribution is 2.22. The molecule has 0 radical (unpaired) electrons. The number of nitrogen functional groups attached to an aromatic ring is 1. The van der Waals surface area contributed by atoms with Crippen molar-refractivity contribution in [2.75, 3.05) is 24.6 Å². The summed E-state index contributed by atoms with van der Waals surface area (Å²) in [4.78, 5) is 22.1. The zero-order valence-corrected chi connectivity index (χ0v) is 12.6. The van der Waals surface area contributed by atoms with Crippen molar-refractivity contribution in [1.82, 2.24) is 14.9 Å². The molecule has 1 aromatic heterocycles. The number of nitrogens with zero attached hydrogens (tertiary/aromatic N) is 3. The lowest BCUT2D eigenvalue weighted by molar-refractivity contribution is -0.132. The third kappa shape index (κ3) is 3.37. The largest absolute Gasteiger partial charge is 0.384 e. The number of amides is 1. The smallest absolute Gasteiger partial charge is 0.222 e. The Morgan fingerprint density at radius 1 is 1.40 bits per heavy atom. The molecule has 0 saturated carbocycles. The Hall–Kier alpha value is -1.85. The first-order valence-corrected chi connectivity index (χ1v) is 6.91. The summed E-state index contributed by atoms with van der Waals surface area (Å²) in [5.74, 6) is 2.11. The van der Waals surface area contributed by atoms with Gasteiger partial charge in [-0.15, -0.1) is 0 Å². The second kappa shape index (κ2) is 5.26. The highest BCUT2D eigenvalue weighted by molar-refractivity contribution is 5.77. The molecule has 6 heteroatoms. The van der Waals surface area contributed by atoms with Crippen LogP contribution < -0.4 is 11.1 Å². The average molecular weight is 277 g/mol. The zero-order chi connectivity index (χ0) is 14.9. The number of hydrogen-bond donors (Lipinski definition) is 2. The number of rotatable bonds is 2. The number of nitrogens with one attached hydrogen (secondary N) is 1. The van der Waals surface area contributed by atoms with E-state index in [9.17, 15) is 4.79 Å². The van der Waals surface area contributed by atoms with Gasteiger partial charge in [0.25, 0.3) is 0 Å². The first kappa shape index (κ1) is 14.6. The summed E-state index contributed by atoms with van der Waals surface area (Å²) >= 11 is 0. The molecule has 0 aromatic carbocycles. The molecule has 1 fully saturated rings. The van der Waals surface area contributed by atoms with E-state index >= 15 is 0 Å². The molecular formula is C14H23N5O. The van der Waals surface area contributed by atoms with Crippen LogP contribution in [0.2, 0.25) is 0 Å². The molecule has 2 heterocycles. The maximum absolute atomic E-state index is 11.5. The lowest BCUT2D eigenvalue weighted by atomic mass is 9.96. The number of carbonyl (C=O) groups is 1. The van der Waals surface area contributed by atoms with E-state index in [1.54, 1.807) is 11.0 Å². The summed E-state index contributed by atoms with van der Waals surface area (Å²) in [6, 6.07) is 1.95. The Morgan fingerprint density at radius 3 is 2.70 bits per heavy atom. The summed E-state index contributed by atoms with van der Waals surface area (Å²) in [5.41, 5.74) is 5.71. The summed E-state index contributed by atoms with van der Waals surface area (Å²) in [5, 5.41) is 3.36. The van der Waals surface area contributed by atoms with Gasteiger partial charge in [-0.25, -0.2) is 9.97 Å². The molecule has 1 aromatic rings. The van der Waals surface area contributed by atoms with Crippen LogP contribution in [0.25, 0.3) is 0 Å². The van der Waals surface area contributed by atoms with E-state index in [4.69, 9.17) is 5.73 Å². The molecule has 1 aliphatic heterocycles. The van der Waals surface area contributed by atoms with Crippen LogP contribution in [-0.4, -0.2) is 40.4 Å². The number of anilines is 2. The number of likely N-dealkylation sites (N-methyl/N-ethyl adjacent to an activating group) is 1. The molecule has 1 saturated heterocycles. The number of aromatic nitrogens is 2. The van der Waals surface area contributed by atoms with E-state index in [1.807, 2.05) is 7.05 Å². The van der Waals surface area contributed by atoms with E-state index in [2.05, 4.69) is 36.1 Å². The minimum absolute atomic E-state index is 0.148. The molecular weight excluding hydrogens is 254 g/mol. The molecule has 0 aliphatic carbocycles. The van der Waals surface area contributed by atoms with Crippen LogP contribution in [-0.2, 0) is 10.2 Å². The van der Waals surface area contributed by atoms with Gasteiger partial charge in [-0.2, -0.15) is 0 Å². The monoisotopic (exact) mass is 277 g/mol. The summed E-state index contributed by atoms with van der Waals surface area (Å²) in [6.07, 6.45) is 1.39. The number of carbonyl (C=O) groups excluding carboxylic acids is 1. The van der Waals surface area contributed by atoms with Gasteiger partial charge in [0, 0.05) is 37.5 Å². The second-order valence-corrected chi connectivity index (χ2v) is 6.41. The summed E-state index contributed by atoms with van der Waals surface area (Å²) in [6.45, 7) is 6.85. The molecule has 1 unspecified atom stereocenters. The fourth-order valence-electron chi connectivity index (χ4n) is 2.21. The van der Waals surface area contributed by atoms with Crippen molar-refractivity contribution >= 4 is 17.5 Å². The Kier molecular flexibility index (Phi) is 3.83. The predicted molar refractivity (Wildman–Crippen MR) is 79.4 cm³/mol. The molecule has 1 atom stereocenters. The molecule has 1 amide bonds. The van der Waals surface area contributed by atoms with Crippen molar-refractivity contribution in [2.24, 2.45) is 0 Å². The highest BCUT2D eigenvalue weighted by Gasteiger charge is 2.24. The van der Waals surface area contributed by atoms with Gasteiger partial charge in [0.05, 0.1) is 0 Å². The Balaban J connectivity index is 2.14. The van der Waals surface area contributed by atoms with Crippen molar-refractivity contribution in [1.29, 1.82) is 0 Å². The quantitative estimate of drug-likeness (QED) is 0.853. The van der Waals surface area contributed by atoms with Gasteiger partial charge >= 0.3 is 0 Å². The van der Waals surface area contributed by atoms with Crippen molar-refractivity contribution < 1.29 is 4.79 Å². The van der Waals surface area contributed by atoms with E-state index in [-0.39, 0.29) is 17.4 Å².